The first kappa shape index (κ1) is 8.50. The minimum absolute atomic E-state index is 0.0185. The molecule has 0 aliphatic rings. The maximum atomic E-state index is 5.81. The summed E-state index contributed by atoms with van der Waals surface area (Å²) in [4.78, 5) is 1.25. The third kappa shape index (κ3) is 1.70. The molecule has 1 heterocycles. The van der Waals surface area contributed by atoms with Crippen molar-refractivity contribution >= 4 is 11.3 Å². The normalized spacial score (nSPS) is 12.9. The molecule has 0 radical (unpaired) electrons. The summed E-state index contributed by atoms with van der Waals surface area (Å²) >= 11 is 1.71. The number of thiophene rings is 1. The van der Waals surface area contributed by atoms with Crippen LogP contribution in [0.25, 0.3) is 0 Å². The fourth-order valence-corrected chi connectivity index (χ4v) is 2.04. The Balaban J connectivity index is 2.91. The molecule has 2 heteroatoms. The smallest absolute Gasteiger partial charge is 0.0575 e. The van der Waals surface area contributed by atoms with Gasteiger partial charge in [0.1, 0.15) is 0 Å². The molecule has 0 aliphatic heterocycles. The highest BCUT2D eigenvalue weighted by Gasteiger charge is 2.06. The lowest BCUT2D eigenvalue weighted by Gasteiger charge is -2.04. The summed E-state index contributed by atoms with van der Waals surface area (Å²) in [6.07, 6.45) is 2.84. The van der Waals surface area contributed by atoms with Crippen LogP contribution in [-0.4, -0.2) is 0 Å². The van der Waals surface area contributed by atoms with E-state index in [0.717, 1.165) is 6.42 Å². The Morgan fingerprint density at radius 2 is 2.55 bits per heavy atom. The summed E-state index contributed by atoms with van der Waals surface area (Å²) in [5, 5.41) is 2.08. The molecule has 0 aromatic carbocycles. The van der Waals surface area contributed by atoms with Crippen molar-refractivity contribution in [2.24, 2.45) is 5.73 Å². The Morgan fingerprint density at radius 3 is 3.09 bits per heavy atom. The minimum atomic E-state index is 0.0185. The Kier molecular flexibility index (Phi) is 2.85. The predicted molar refractivity (Wildman–Crippen MR) is 50.8 cm³/mol. The highest BCUT2D eigenvalue weighted by molar-refractivity contribution is 7.10. The number of hydrogen-bond donors (Lipinski definition) is 1. The lowest BCUT2D eigenvalue weighted by atomic mass is 10.1. The molecule has 0 spiro atoms. The van der Waals surface area contributed by atoms with Crippen LogP contribution in [0.5, 0.6) is 0 Å². The fourth-order valence-electron chi connectivity index (χ4n) is 1.04. The van der Waals surface area contributed by atoms with E-state index in [1.165, 1.54) is 10.4 Å². The van der Waals surface area contributed by atoms with Crippen molar-refractivity contribution in [1.29, 1.82) is 0 Å². The summed E-state index contributed by atoms with van der Waals surface area (Å²) in [7, 11) is 0. The van der Waals surface area contributed by atoms with Gasteiger partial charge in [0.15, 0.2) is 0 Å². The molecule has 11 heavy (non-hydrogen) atoms. The quantitative estimate of drug-likeness (QED) is 0.688. The second kappa shape index (κ2) is 3.69. The van der Waals surface area contributed by atoms with E-state index >= 15 is 0 Å². The third-order valence-corrected chi connectivity index (χ3v) is 2.78. The van der Waals surface area contributed by atoms with Gasteiger partial charge in [0.05, 0.1) is 6.04 Å². The zero-order valence-electron chi connectivity index (χ0n) is 6.71. The van der Waals surface area contributed by atoms with Gasteiger partial charge in [-0.05, 0) is 23.4 Å². The van der Waals surface area contributed by atoms with Crippen molar-refractivity contribution in [3.63, 3.8) is 0 Å². The Hall–Kier alpha value is -0.600. The van der Waals surface area contributed by atoms with Gasteiger partial charge in [-0.25, -0.2) is 0 Å². The van der Waals surface area contributed by atoms with E-state index in [9.17, 15) is 0 Å². The van der Waals surface area contributed by atoms with Crippen molar-refractivity contribution in [3.8, 4) is 0 Å². The van der Waals surface area contributed by atoms with Gasteiger partial charge in [0, 0.05) is 4.88 Å². The van der Waals surface area contributed by atoms with E-state index in [2.05, 4.69) is 24.9 Å². The van der Waals surface area contributed by atoms with Crippen molar-refractivity contribution in [1.82, 2.24) is 0 Å². The van der Waals surface area contributed by atoms with Gasteiger partial charge in [-0.1, -0.05) is 13.0 Å². The highest BCUT2D eigenvalue weighted by atomic mass is 32.1. The van der Waals surface area contributed by atoms with Crippen molar-refractivity contribution in [2.45, 2.75) is 19.4 Å². The molecule has 1 unspecified atom stereocenters. The maximum absolute atomic E-state index is 5.81. The van der Waals surface area contributed by atoms with Crippen LogP contribution < -0.4 is 5.73 Å². The van der Waals surface area contributed by atoms with Gasteiger partial charge in [-0.3, -0.25) is 0 Å². The summed E-state index contributed by atoms with van der Waals surface area (Å²) in [5.74, 6) is 0. The van der Waals surface area contributed by atoms with Crippen LogP contribution in [0.4, 0.5) is 0 Å². The summed E-state index contributed by atoms with van der Waals surface area (Å²) in [5.41, 5.74) is 7.16. The number of nitrogens with two attached hydrogens (primary N) is 1. The van der Waals surface area contributed by atoms with E-state index in [1.807, 2.05) is 0 Å². The molecule has 1 nitrogen and oxygen atoms in total. The first-order valence-electron chi connectivity index (χ1n) is 3.74. The summed E-state index contributed by atoms with van der Waals surface area (Å²) in [6, 6.07) is 2.15. The molecular formula is C9H13NS. The van der Waals surface area contributed by atoms with E-state index < -0.39 is 0 Å². The Labute approximate surface area is 71.5 Å². The lowest BCUT2D eigenvalue weighted by molar-refractivity contribution is 0.914. The predicted octanol–water partition coefficient (Wildman–Crippen LogP) is 2.50. The van der Waals surface area contributed by atoms with Gasteiger partial charge in [0.25, 0.3) is 0 Å². The van der Waals surface area contributed by atoms with Crippen LogP contribution in [0, 0.1) is 0 Å². The van der Waals surface area contributed by atoms with Gasteiger partial charge in [-0.2, -0.15) is 0 Å². The van der Waals surface area contributed by atoms with Crippen LogP contribution in [0.15, 0.2) is 24.1 Å². The molecule has 1 rings (SSSR count). The third-order valence-electron chi connectivity index (χ3n) is 1.72. The van der Waals surface area contributed by atoms with E-state index in [4.69, 9.17) is 5.73 Å². The zero-order chi connectivity index (χ0) is 8.27. The van der Waals surface area contributed by atoms with Crippen LogP contribution in [0.1, 0.15) is 23.4 Å². The molecule has 60 valence electrons. The molecule has 1 aromatic rings. The van der Waals surface area contributed by atoms with Gasteiger partial charge in [0.2, 0.25) is 0 Å². The molecule has 0 saturated heterocycles. The van der Waals surface area contributed by atoms with Crippen molar-refractivity contribution in [3.05, 3.63) is 34.5 Å². The van der Waals surface area contributed by atoms with Crippen LogP contribution >= 0.6 is 11.3 Å². The van der Waals surface area contributed by atoms with Gasteiger partial charge >= 0.3 is 0 Å². The largest absolute Gasteiger partial charge is 0.320 e. The molecule has 2 N–H and O–H groups in total. The van der Waals surface area contributed by atoms with Gasteiger partial charge < -0.3 is 5.73 Å². The molecule has 0 saturated carbocycles. The SMILES string of the molecule is C=CC(N)c1sccc1CC. The Morgan fingerprint density at radius 1 is 1.82 bits per heavy atom. The highest BCUT2D eigenvalue weighted by Crippen LogP contribution is 2.23. The summed E-state index contributed by atoms with van der Waals surface area (Å²) in [6.45, 7) is 5.81. The fraction of sp³-hybridized carbons (Fsp3) is 0.333. The molecule has 0 bridgehead atoms. The van der Waals surface area contributed by atoms with Crippen molar-refractivity contribution in [2.75, 3.05) is 0 Å². The maximum Gasteiger partial charge on any atom is 0.0575 e. The minimum Gasteiger partial charge on any atom is -0.320 e. The second-order valence-corrected chi connectivity index (χ2v) is 3.37. The van der Waals surface area contributed by atoms with E-state index in [0.29, 0.717) is 0 Å². The number of rotatable bonds is 3. The zero-order valence-corrected chi connectivity index (χ0v) is 7.53. The van der Waals surface area contributed by atoms with Crippen molar-refractivity contribution < 1.29 is 0 Å². The number of aryl methyl sites for hydroxylation is 1. The first-order chi connectivity index (χ1) is 5.29. The molecular weight excluding hydrogens is 154 g/mol. The van der Waals surface area contributed by atoms with Crippen LogP contribution in [-0.2, 0) is 6.42 Å². The monoisotopic (exact) mass is 167 g/mol. The Bertz CT molecular complexity index is 239. The van der Waals surface area contributed by atoms with Crippen LogP contribution in [0.3, 0.4) is 0 Å². The molecule has 0 aliphatic carbocycles. The molecule has 0 fully saturated rings. The standard InChI is InChI=1S/C9H13NS/c1-3-7-5-6-11-9(7)8(10)4-2/h4-6,8H,2-3,10H2,1H3. The molecule has 0 amide bonds. The first-order valence-corrected chi connectivity index (χ1v) is 4.62. The van der Waals surface area contributed by atoms with E-state index in [1.54, 1.807) is 17.4 Å². The summed E-state index contributed by atoms with van der Waals surface area (Å²) < 4.78 is 0. The van der Waals surface area contributed by atoms with Gasteiger partial charge in [-0.15, -0.1) is 17.9 Å². The van der Waals surface area contributed by atoms with Crippen LogP contribution in [0.2, 0.25) is 0 Å². The number of hydrogen-bond acceptors (Lipinski definition) is 2. The topological polar surface area (TPSA) is 26.0 Å². The second-order valence-electron chi connectivity index (χ2n) is 2.43. The lowest BCUT2D eigenvalue weighted by Crippen LogP contribution is -2.06. The van der Waals surface area contributed by atoms with E-state index in [-0.39, 0.29) is 6.04 Å². The average Bonchev–Trinajstić information content (AvgIpc) is 2.50. The average molecular weight is 167 g/mol. The molecule has 1 aromatic heterocycles. The molecule has 1 atom stereocenters.